The summed E-state index contributed by atoms with van der Waals surface area (Å²) in [6, 6.07) is 7.33. The summed E-state index contributed by atoms with van der Waals surface area (Å²) >= 11 is 0. The first kappa shape index (κ1) is 14.3. The molecule has 112 valence electrons. The highest BCUT2D eigenvalue weighted by Crippen LogP contribution is 2.29. The van der Waals surface area contributed by atoms with Gasteiger partial charge in [-0.1, -0.05) is 18.2 Å². The fraction of sp³-hybridized carbons (Fsp3) is 0.235. The Balaban J connectivity index is 1.85. The third-order valence-electron chi connectivity index (χ3n) is 3.69. The van der Waals surface area contributed by atoms with Crippen LogP contribution in [-0.2, 0) is 11.8 Å². The molecular weight excluding hydrogens is 278 g/mol. The minimum absolute atomic E-state index is 0.0318. The summed E-state index contributed by atoms with van der Waals surface area (Å²) in [5.41, 5.74) is 3.92. The van der Waals surface area contributed by atoms with Crippen LogP contribution in [0.4, 0.5) is 0 Å². The summed E-state index contributed by atoms with van der Waals surface area (Å²) in [5, 5.41) is 4.21. The number of aliphatic imine (C=N–C) groups is 1. The van der Waals surface area contributed by atoms with Crippen LogP contribution in [0.15, 0.2) is 47.7 Å². The van der Waals surface area contributed by atoms with Crippen molar-refractivity contribution in [1.29, 1.82) is 0 Å². The van der Waals surface area contributed by atoms with E-state index in [1.807, 2.05) is 37.8 Å². The zero-order valence-corrected chi connectivity index (χ0v) is 12.6. The Labute approximate surface area is 128 Å². The van der Waals surface area contributed by atoms with Crippen LogP contribution in [0.25, 0.3) is 5.57 Å². The molecule has 1 aromatic heterocycles. The van der Waals surface area contributed by atoms with Crippen molar-refractivity contribution in [2.75, 3.05) is 7.11 Å². The molecular formula is C17H17N3O2. The SMILES string of the molecule is COC(=O)c1ccc([C@@H]2C=C(c3cnn(C)c3)CC=N2)cc1. The first-order valence-corrected chi connectivity index (χ1v) is 7.07. The van der Waals surface area contributed by atoms with E-state index >= 15 is 0 Å². The third-order valence-corrected chi connectivity index (χ3v) is 3.69. The molecule has 1 aromatic carbocycles. The number of hydrogen-bond acceptors (Lipinski definition) is 4. The van der Waals surface area contributed by atoms with E-state index in [0.29, 0.717) is 5.56 Å². The second-order valence-corrected chi connectivity index (χ2v) is 5.19. The molecule has 1 atom stereocenters. The van der Waals surface area contributed by atoms with Crippen molar-refractivity contribution in [3.05, 3.63) is 59.4 Å². The first-order chi connectivity index (χ1) is 10.7. The molecule has 3 rings (SSSR count). The Kier molecular flexibility index (Phi) is 3.87. The average molecular weight is 295 g/mol. The zero-order chi connectivity index (χ0) is 15.5. The number of aromatic nitrogens is 2. The van der Waals surface area contributed by atoms with Crippen molar-refractivity contribution in [3.63, 3.8) is 0 Å². The van der Waals surface area contributed by atoms with Gasteiger partial charge in [-0.3, -0.25) is 9.67 Å². The van der Waals surface area contributed by atoms with E-state index in [0.717, 1.165) is 17.5 Å². The van der Waals surface area contributed by atoms with Gasteiger partial charge in [0.2, 0.25) is 0 Å². The number of ether oxygens (including phenoxy) is 1. The minimum atomic E-state index is -0.328. The van der Waals surface area contributed by atoms with Crippen molar-refractivity contribution in [3.8, 4) is 0 Å². The maximum Gasteiger partial charge on any atom is 0.337 e. The topological polar surface area (TPSA) is 56.5 Å². The monoisotopic (exact) mass is 295 g/mol. The van der Waals surface area contributed by atoms with E-state index in [1.165, 1.54) is 12.7 Å². The number of benzene rings is 1. The van der Waals surface area contributed by atoms with Gasteiger partial charge in [0, 0.05) is 31.4 Å². The summed E-state index contributed by atoms with van der Waals surface area (Å²) in [6.45, 7) is 0. The summed E-state index contributed by atoms with van der Waals surface area (Å²) in [6.07, 6.45) is 8.75. The van der Waals surface area contributed by atoms with Crippen LogP contribution >= 0.6 is 0 Å². The van der Waals surface area contributed by atoms with Gasteiger partial charge in [-0.15, -0.1) is 0 Å². The van der Waals surface area contributed by atoms with Gasteiger partial charge in [0.1, 0.15) is 0 Å². The summed E-state index contributed by atoms with van der Waals surface area (Å²) in [7, 11) is 3.29. The van der Waals surface area contributed by atoms with Crippen LogP contribution in [-0.4, -0.2) is 29.1 Å². The van der Waals surface area contributed by atoms with E-state index in [9.17, 15) is 4.79 Å². The number of methoxy groups -OCH3 is 1. The number of allylic oxidation sites excluding steroid dienone is 1. The van der Waals surface area contributed by atoms with Crippen LogP contribution < -0.4 is 0 Å². The molecule has 1 aliphatic rings. The van der Waals surface area contributed by atoms with E-state index in [4.69, 9.17) is 4.74 Å². The van der Waals surface area contributed by atoms with Crippen molar-refractivity contribution in [2.45, 2.75) is 12.5 Å². The Bertz CT molecular complexity index is 742. The predicted octanol–water partition coefficient (Wildman–Crippen LogP) is 2.81. The molecule has 2 aromatic rings. The number of nitrogens with zero attached hydrogens (tertiary/aromatic N) is 3. The lowest BCUT2D eigenvalue weighted by Crippen LogP contribution is -2.03. The second kappa shape index (κ2) is 5.97. The zero-order valence-electron chi connectivity index (χ0n) is 12.6. The fourth-order valence-electron chi connectivity index (χ4n) is 2.48. The van der Waals surface area contributed by atoms with Gasteiger partial charge >= 0.3 is 5.97 Å². The third kappa shape index (κ3) is 2.83. The van der Waals surface area contributed by atoms with Gasteiger partial charge in [-0.25, -0.2) is 4.79 Å². The molecule has 2 heterocycles. The second-order valence-electron chi connectivity index (χ2n) is 5.19. The van der Waals surface area contributed by atoms with E-state index in [2.05, 4.69) is 16.2 Å². The van der Waals surface area contributed by atoms with Crippen LogP contribution in [0, 0.1) is 0 Å². The van der Waals surface area contributed by atoms with Gasteiger partial charge in [0.15, 0.2) is 0 Å². The quantitative estimate of drug-likeness (QED) is 0.818. The van der Waals surface area contributed by atoms with Gasteiger partial charge in [0.25, 0.3) is 0 Å². The van der Waals surface area contributed by atoms with Crippen molar-refractivity contribution < 1.29 is 9.53 Å². The highest BCUT2D eigenvalue weighted by atomic mass is 16.5. The van der Waals surface area contributed by atoms with Crippen molar-refractivity contribution in [1.82, 2.24) is 9.78 Å². The normalized spacial score (nSPS) is 17.2. The number of dihydropyridines is 1. The number of hydrogen-bond donors (Lipinski definition) is 0. The van der Waals surface area contributed by atoms with Crippen LogP contribution in [0.5, 0.6) is 0 Å². The predicted molar refractivity (Wildman–Crippen MR) is 84.8 cm³/mol. The molecule has 0 saturated heterocycles. The van der Waals surface area contributed by atoms with E-state index < -0.39 is 0 Å². The Morgan fingerprint density at radius 3 is 2.73 bits per heavy atom. The highest BCUT2D eigenvalue weighted by Gasteiger charge is 2.15. The largest absolute Gasteiger partial charge is 0.465 e. The van der Waals surface area contributed by atoms with Crippen LogP contribution in [0.3, 0.4) is 0 Å². The molecule has 0 radical (unpaired) electrons. The summed E-state index contributed by atoms with van der Waals surface area (Å²) in [5.74, 6) is -0.328. The number of carbonyl (C=O) groups excluding carboxylic acids is 1. The fourth-order valence-corrected chi connectivity index (χ4v) is 2.48. The average Bonchev–Trinajstić information content (AvgIpc) is 3.01. The lowest BCUT2D eigenvalue weighted by Gasteiger charge is -2.15. The summed E-state index contributed by atoms with van der Waals surface area (Å²) < 4.78 is 6.50. The maximum atomic E-state index is 11.5. The number of carbonyl (C=O) groups is 1. The molecule has 1 aliphatic heterocycles. The van der Waals surface area contributed by atoms with Gasteiger partial charge < -0.3 is 4.74 Å². The minimum Gasteiger partial charge on any atom is -0.465 e. The molecule has 0 bridgehead atoms. The van der Waals surface area contributed by atoms with Crippen LogP contribution in [0.1, 0.15) is 33.9 Å². The van der Waals surface area contributed by atoms with Gasteiger partial charge in [-0.05, 0) is 23.3 Å². The van der Waals surface area contributed by atoms with Gasteiger partial charge in [-0.2, -0.15) is 5.10 Å². The molecule has 0 amide bonds. The molecule has 0 fully saturated rings. The number of rotatable bonds is 3. The molecule has 0 N–H and O–H groups in total. The molecule has 0 unspecified atom stereocenters. The smallest absolute Gasteiger partial charge is 0.337 e. The molecule has 22 heavy (non-hydrogen) atoms. The number of esters is 1. The Morgan fingerprint density at radius 2 is 2.09 bits per heavy atom. The number of aryl methyl sites for hydroxylation is 1. The van der Waals surface area contributed by atoms with Crippen LogP contribution in [0.2, 0.25) is 0 Å². The standard InChI is InChI=1S/C17H17N3O2/c1-20-11-15(10-19-20)14-7-8-18-16(9-14)12-3-5-13(6-4-12)17(21)22-2/h3-6,8-11,16H,7H2,1-2H3/t16-/m0/s1. The molecule has 0 aliphatic carbocycles. The van der Waals surface area contributed by atoms with Gasteiger partial charge in [0.05, 0.1) is 24.9 Å². The molecule has 0 saturated carbocycles. The van der Waals surface area contributed by atoms with Crippen molar-refractivity contribution in [2.24, 2.45) is 12.0 Å². The molecule has 5 nitrogen and oxygen atoms in total. The van der Waals surface area contributed by atoms with E-state index in [1.54, 1.807) is 16.8 Å². The lowest BCUT2D eigenvalue weighted by molar-refractivity contribution is 0.0600. The first-order valence-electron chi connectivity index (χ1n) is 7.07. The van der Waals surface area contributed by atoms with Crippen molar-refractivity contribution >= 4 is 17.8 Å². The molecule has 5 heteroatoms. The maximum absolute atomic E-state index is 11.5. The molecule has 0 spiro atoms. The summed E-state index contributed by atoms with van der Waals surface area (Å²) in [4.78, 5) is 16.0. The Hall–Kier alpha value is -2.69. The van der Waals surface area contributed by atoms with E-state index in [-0.39, 0.29) is 12.0 Å². The lowest BCUT2D eigenvalue weighted by atomic mass is 9.97. The Morgan fingerprint density at radius 1 is 1.32 bits per heavy atom. The highest BCUT2D eigenvalue weighted by molar-refractivity contribution is 5.89.